The van der Waals surface area contributed by atoms with Crippen molar-refractivity contribution in [3.63, 3.8) is 0 Å². The van der Waals surface area contributed by atoms with E-state index in [0.717, 1.165) is 34.4 Å². The first-order valence-electron chi connectivity index (χ1n) is 9.38. The molecule has 0 amide bonds. The lowest BCUT2D eigenvalue weighted by molar-refractivity contribution is -0.990. The standard InChI is InChI=1S/C20H16F3N7/c1-11-4-5-27-14(6-11)16-8-18(19(21,22)23)26-30(16)20(27)28-10-13(3)24-9-17(28)15-7-12(2)25-29(15)20/h4-10H,1-3H3/q+2. The van der Waals surface area contributed by atoms with Crippen LogP contribution in [-0.2, 0) is 12.1 Å². The van der Waals surface area contributed by atoms with Gasteiger partial charge in [0.2, 0.25) is 11.9 Å². The molecule has 1 atom stereocenters. The molecule has 0 radical (unpaired) electrons. The average Bonchev–Trinajstić information content (AvgIpc) is 3.37. The van der Waals surface area contributed by atoms with Crippen LogP contribution in [0.2, 0.25) is 0 Å². The van der Waals surface area contributed by atoms with E-state index in [2.05, 4.69) is 15.2 Å². The molecule has 1 spiro atoms. The monoisotopic (exact) mass is 411 g/mol. The van der Waals surface area contributed by atoms with Gasteiger partial charge in [-0.2, -0.15) is 23.4 Å². The fraction of sp³-hybridized carbons (Fsp3) is 0.250. The number of halogens is 3. The maximum atomic E-state index is 13.6. The largest absolute Gasteiger partial charge is 0.583 e. The van der Waals surface area contributed by atoms with Crippen LogP contribution in [0.3, 0.4) is 0 Å². The van der Waals surface area contributed by atoms with Gasteiger partial charge < -0.3 is 0 Å². The molecule has 6 heterocycles. The Hall–Kier alpha value is -3.56. The predicted molar refractivity (Wildman–Crippen MR) is 96.9 cm³/mol. The van der Waals surface area contributed by atoms with Gasteiger partial charge in [-0.1, -0.05) is 9.13 Å². The zero-order valence-corrected chi connectivity index (χ0v) is 16.3. The highest BCUT2D eigenvalue weighted by atomic mass is 19.4. The summed E-state index contributed by atoms with van der Waals surface area (Å²) in [6, 6.07) is 6.79. The molecule has 6 rings (SSSR count). The molecular weight excluding hydrogens is 395 g/mol. The third-order valence-corrected chi connectivity index (χ3v) is 5.65. The van der Waals surface area contributed by atoms with Crippen molar-refractivity contribution in [3.05, 3.63) is 65.5 Å². The molecular formula is C20H16F3N7+2. The maximum Gasteiger partial charge on any atom is 0.583 e. The van der Waals surface area contributed by atoms with Crippen molar-refractivity contribution >= 4 is 0 Å². The van der Waals surface area contributed by atoms with Crippen molar-refractivity contribution in [1.82, 2.24) is 24.5 Å². The summed E-state index contributed by atoms with van der Waals surface area (Å²) in [5.41, 5.74) is 3.99. The molecule has 0 bridgehead atoms. The fourth-order valence-corrected chi connectivity index (χ4v) is 4.47. The summed E-state index contributed by atoms with van der Waals surface area (Å²) in [6.07, 6.45) is 0.846. The van der Waals surface area contributed by atoms with Crippen molar-refractivity contribution in [2.24, 2.45) is 0 Å². The number of aromatic nitrogens is 7. The second-order valence-electron chi connectivity index (χ2n) is 7.75. The van der Waals surface area contributed by atoms with E-state index in [-0.39, 0.29) is 0 Å². The molecule has 0 N–H and O–H groups in total. The Kier molecular flexibility index (Phi) is 2.96. The van der Waals surface area contributed by atoms with Gasteiger partial charge in [0.15, 0.2) is 23.3 Å². The van der Waals surface area contributed by atoms with Gasteiger partial charge in [-0.15, -0.1) is 9.36 Å². The minimum absolute atomic E-state index is 0.375. The molecule has 150 valence electrons. The Morgan fingerprint density at radius 2 is 1.63 bits per heavy atom. The minimum Gasteiger partial charge on any atom is -0.248 e. The quantitative estimate of drug-likeness (QED) is 0.360. The fourth-order valence-electron chi connectivity index (χ4n) is 4.47. The topological polar surface area (TPSA) is 56.3 Å². The predicted octanol–water partition coefficient (Wildman–Crippen LogP) is 2.17. The Bertz CT molecular complexity index is 1380. The lowest BCUT2D eigenvalue weighted by Gasteiger charge is -2.16. The summed E-state index contributed by atoms with van der Waals surface area (Å²) >= 11 is 0. The molecule has 0 aromatic carbocycles. The number of nitrogens with zero attached hydrogens (tertiary/aromatic N) is 7. The average molecular weight is 411 g/mol. The van der Waals surface area contributed by atoms with Gasteiger partial charge in [-0.05, 0) is 32.4 Å². The molecule has 0 saturated heterocycles. The van der Waals surface area contributed by atoms with Gasteiger partial charge in [-0.3, -0.25) is 0 Å². The molecule has 4 aromatic rings. The van der Waals surface area contributed by atoms with Crippen molar-refractivity contribution in [2.75, 3.05) is 0 Å². The molecule has 1 unspecified atom stereocenters. The van der Waals surface area contributed by atoms with Crippen LogP contribution in [0.15, 0.2) is 42.9 Å². The molecule has 30 heavy (non-hydrogen) atoms. The molecule has 7 nitrogen and oxygen atoms in total. The summed E-state index contributed by atoms with van der Waals surface area (Å²) in [4.78, 5) is 4.40. The van der Waals surface area contributed by atoms with Gasteiger partial charge in [-0.25, -0.2) is 4.98 Å². The first kappa shape index (κ1) is 17.3. The number of alkyl halides is 3. The zero-order valence-electron chi connectivity index (χ0n) is 16.3. The Balaban J connectivity index is 1.82. The van der Waals surface area contributed by atoms with E-state index in [0.29, 0.717) is 11.4 Å². The van der Waals surface area contributed by atoms with Crippen LogP contribution >= 0.6 is 0 Å². The van der Waals surface area contributed by atoms with Crippen molar-refractivity contribution < 1.29 is 22.3 Å². The lowest BCUT2D eigenvalue weighted by Crippen LogP contribution is -2.77. The Morgan fingerprint density at radius 1 is 0.900 bits per heavy atom. The third kappa shape index (κ3) is 1.88. The molecule has 10 heteroatoms. The van der Waals surface area contributed by atoms with E-state index in [1.807, 2.05) is 60.5 Å². The molecule has 2 aliphatic rings. The highest BCUT2D eigenvalue weighted by Crippen LogP contribution is 2.40. The van der Waals surface area contributed by atoms with Gasteiger partial charge in [0, 0.05) is 18.2 Å². The molecule has 4 aromatic heterocycles. The highest BCUT2D eigenvalue weighted by molar-refractivity contribution is 5.58. The van der Waals surface area contributed by atoms with Gasteiger partial charge in [0.1, 0.15) is 11.9 Å². The number of hydrogen-bond acceptors (Lipinski definition) is 3. The van der Waals surface area contributed by atoms with Gasteiger partial charge >= 0.3 is 12.1 Å². The first-order valence-corrected chi connectivity index (χ1v) is 9.38. The first-order chi connectivity index (χ1) is 14.2. The smallest absolute Gasteiger partial charge is 0.248 e. The van der Waals surface area contributed by atoms with Crippen LogP contribution in [0.4, 0.5) is 13.2 Å². The van der Waals surface area contributed by atoms with Crippen molar-refractivity contribution in [2.45, 2.75) is 32.9 Å². The van der Waals surface area contributed by atoms with Crippen molar-refractivity contribution in [1.29, 1.82) is 0 Å². The lowest BCUT2D eigenvalue weighted by atomic mass is 10.2. The summed E-state index contributed by atoms with van der Waals surface area (Å²) in [5, 5.41) is 8.71. The third-order valence-electron chi connectivity index (χ3n) is 5.65. The molecule has 0 saturated carbocycles. The zero-order chi connectivity index (χ0) is 21.0. The maximum absolute atomic E-state index is 13.6. The normalized spacial score (nSPS) is 18.5. The number of pyridine rings is 1. The van der Waals surface area contributed by atoms with Crippen LogP contribution in [0.25, 0.3) is 22.8 Å². The molecule has 0 fully saturated rings. The van der Waals surface area contributed by atoms with Crippen LogP contribution in [0.5, 0.6) is 0 Å². The van der Waals surface area contributed by atoms with Crippen LogP contribution in [0, 0.1) is 20.8 Å². The summed E-state index contributed by atoms with van der Waals surface area (Å²) < 4.78 is 47.8. The number of rotatable bonds is 0. The Labute approximate surface area is 168 Å². The van der Waals surface area contributed by atoms with Crippen LogP contribution in [-0.4, -0.2) is 24.5 Å². The summed E-state index contributed by atoms with van der Waals surface area (Å²) in [6.45, 7) is 5.60. The number of aryl methyl sites for hydroxylation is 3. The van der Waals surface area contributed by atoms with Gasteiger partial charge in [0.25, 0.3) is 5.69 Å². The van der Waals surface area contributed by atoms with E-state index in [9.17, 15) is 13.2 Å². The highest BCUT2D eigenvalue weighted by Gasteiger charge is 2.70. The van der Waals surface area contributed by atoms with E-state index in [1.165, 1.54) is 4.68 Å². The SMILES string of the molecule is Cc1cc[n+]2c(c1)-c1cc(C(F)(F)F)nn1C21n2nc(C)cc2-c2cnc(C)c[n+]21. The second-order valence-corrected chi connectivity index (χ2v) is 7.75. The van der Waals surface area contributed by atoms with Gasteiger partial charge in [0.05, 0.1) is 5.69 Å². The summed E-state index contributed by atoms with van der Waals surface area (Å²) in [7, 11) is 0. The van der Waals surface area contributed by atoms with E-state index >= 15 is 0 Å². The minimum atomic E-state index is -4.56. The molecule has 0 aliphatic carbocycles. The summed E-state index contributed by atoms with van der Waals surface area (Å²) in [5.74, 6) is -1.28. The molecule has 2 aliphatic heterocycles. The van der Waals surface area contributed by atoms with Crippen LogP contribution < -0.4 is 9.13 Å². The van der Waals surface area contributed by atoms with E-state index in [1.54, 1.807) is 10.9 Å². The van der Waals surface area contributed by atoms with E-state index in [4.69, 9.17) is 0 Å². The van der Waals surface area contributed by atoms with E-state index < -0.39 is 17.8 Å². The Morgan fingerprint density at radius 3 is 2.40 bits per heavy atom. The second kappa shape index (κ2) is 5.13. The van der Waals surface area contributed by atoms with Crippen molar-refractivity contribution in [3.8, 4) is 22.8 Å². The number of hydrogen-bond donors (Lipinski definition) is 0. The van der Waals surface area contributed by atoms with Crippen LogP contribution in [0.1, 0.15) is 22.6 Å². The number of fused-ring (bicyclic) bond motifs is 10.